The molecule has 2 nitrogen and oxygen atoms in total. The minimum atomic E-state index is -5.75. The number of hydrogen-bond acceptors (Lipinski definition) is 2. The molecule has 1 aliphatic carbocycles. The van der Waals surface area contributed by atoms with E-state index < -0.39 is 35.7 Å². The van der Waals surface area contributed by atoms with Gasteiger partial charge in [-0.1, -0.05) is 31.4 Å². The first kappa shape index (κ1) is 21.2. The van der Waals surface area contributed by atoms with E-state index in [2.05, 4.69) is 0 Å². The summed E-state index contributed by atoms with van der Waals surface area (Å²) < 4.78 is 68.0. The molecule has 0 heterocycles. The normalized spacial score (nSPS) is 24.1. The van der Waals surface area contributed by atoms with Gasteiger partial charge < -0.3 is 4.74 Å². The molecular weight excluding hydrogens is 343 g/mol. The number of hydrogen-bond donors (Lipinski definition) is 0. The Morgan fingerprint density at radius 2 is 1.72 bits per heavy atom. The van der Waals surface area contributed by atoms with Gasteiger partial charge in [0.2, 0.25) is 0 Å². The minimum Gasteiger partial charge on any atom is -0.444 e. The molecule has 0 aromatic heterocycles. The molecule has 1 aliphatic rings. The zero-order chi connectivity index (χ0) is 19.8. The summed E-state index contributed by atoms with van der Waals surface area (Å²) in [6, 6.07) is 0. The fraction of sp³-hybridized carbons (Fsp3) is 0.611. The van der Waals surface area contributed by atoms with Crippen LogP contribution in [0, 0.1) is 29.6 Å². The van der Waals surface area contributed by atoms with Gasteiger partial charge in [-0.25, -0.2) is 0 Å². The van der Waals surface area contributed by atoms with E-state index in [4.69, 9.17) is 11.2 Å². The highest BCUT2D eigenvalue weighted by atomic mass is 19.4. The van der Waals surface area contributed by atoms with E-state index in [0.717, 1.165) is 12.5 Å². The number of terminal acetylenes is 1. The van der Waals surface area contributed by atoms with Crippen molar-refractivity contribution in [3.8, 4) is 12.3 Å². The van der Waals surface area contributed by atoms with Gasteiger partial charge in [-0.05, 0) is 43.8 Å². The lowest BCUT2D eigenvalue weighted by atomic mass is 10.1. The summed E-state index contributed by atoms with van der Waals surface area (Å²) in [6.45, 7) is 8.40. The minimum absolute atomic E-state index is 0.0932. The van der Waals surface area contributed by atoms with Crippen molar-refractivity contribution in [2.24, 2.45) is 17.3 Å². The fourth-order valence-corrected chi connectivity index (χ4v) is 2.69. The molecule has 3 unspecified atom stereocenters. The topological polar surface area (TPSA) is 26.3 Å². The van der Waals surface area contributed by atoms with Crippen LogP contribution in [0.5, 0.6) is 0 Å². The summed E-state index contributed by atoms with van der Waals surface area (Å²) in [5.74, 6) is -4.43. The van der Waals surface area contributed by atoms with Gasteiger partial charge in [0.15, 0.2) is 6.10 Å². The lowest BCUT2D eigenvalue weighted by molar-refractivity contribution is -0.259. The molecular formula is C18H21F5O2. The van der Waals surface area contributed by atoms with Gasteiger partial charge in [-0.3, -0.25) is 4.79 Å². The van der Waals surface area contributed by atoms with Crippen LogP contribution in [0.2, 0.25) is 0 Å². The molecule has 1 rings (SSSR count). The maximum Gasteiger partial charge on any atom is 0.457 e. The highest BCUT2D eigenvalue weighted by Crippen LogP contribution is 2.60. The summed E-state index contributed by atoms with van der Waals surface area (Å²) in [6.07, 6.45) is -0.586. The third-order valence-corrected chi connectivity index (χ3v) is 4.26. The number of esters is 1. The molecule has 140 valence electrons. The lowest BCUT2D eigenvalue weighted by Gasteiger charge is -2.19. The van der Waals surface area contributed by atoms with Crippen LogP contribution in [-0.4, -0.2) is 24.2 Å². The number of halogens is 5. The molecule has 0 aliphatic heterocycles. The number of rotatable bonds is 5. The number of carbonyl (C=O) groups is 1. The highest BCUT2D eigenvalue weighted by molar-refractivity contribution is 5.79. The average Bonchev–Trinajstić information content (AvgIpc) is 2.94. The van der Waals surface area contributed by atoms with Crippen molar-refractivity contribution >= 4 is 5.97 Å². The van der Waals surface area contributed by atoms with Gasteiger partial charge in [0.1, 0.15) is 0 Å². The van der Waals surface area contributed by atoms with Crippen LogP contribution in [0.1, 0.15) is 34.6 Å². The third kappa shape index (κ3) is 4.62. The van der Waals surface area contributed by atoms with Crippen molar-refractivity contribution in [3.05, 3.63) is 23.3 Å². The van der Waals surface area contributed by atoms with Gasteiger partial charge in [0, 0.05) is 0 Å². The molecule has 25 heavy (non-hydrogen) atoms. The Balaban J connectivity index is 2.92. The van der Waals surface area contributed by atoms with Crippen molar-refractivity contribution in [2.75, 3.05) is 0 Å². The van der Waals surface area contributed by atoms with Crippen LogP contribution in [0.25, 0.3) is 0 Å². The Morgan fingerprint density at radius 1 is 1.20 bits per heavy atom. The first-order valence-corrected chi connectivity index (χ1v) is 7.60. The number of alkyl halides is 5. The summed E-state index contributed by atoms with van der Waals surface area (Å²) in [7, 11) is 0. The maximum atomic E-state index is 13.1. The zero-order valence-electron chi connectivity index (χ0n) is 14.7. The molecule has 1 saturated carbocycles. The van der Waals surface area contributed by atoms with Crippen molar-refractivity contribution in [1.82, 2.24) is 0 Å². The Kier molecular flexibility index (Phi) is 5.78. The second-order valence-electron chi connectivity index (χ2n) is 7.06. The molecule has 0 aromatic carbocycles. The monoisotopic (exact) mass is 364 g/mol. The van der Waals surface area contributed by atoms with Crippen molar-refractivity contribution < 1.29 is 31.5 Å². The molecule has 0 radical (unpaired) electrons. The average molecular weight is 364 g/mol. The molecule has 0 N–H and O–H groups in total. The van der Waals surface area contributed by atoms with Gasteiger partial charge in [0.05, 0.1) is 5.92 Å². The van der Waals surface area contributed by atoms with Crippen LogP contribution < -0.4 is 0 Å². The standard InChI is InChI=1S/C18H21F5O2/c1-7-13(11(4)9-17(19,20)18(21,22)23)25-15(24)14-12(8-10(2)3)16(14,5)6/h1,8-9,12-14H,2-6H3. The van der Waals surface area contributed by atoms with Crippen LogP contribution in [-0.2, 0) is 9.53 Å². The fourth-order valence-electron chi connectivity index (χ4n) is 2.69. The predicted molar refractivity (Wildman–Crippen MR) is 83.7 cm³/mol. The first-order valence-electron chi connectivity index (χ1n) is 7.60. The van der Waals surface area contributed by atoms with E-state index >= 15 is 0 Å². The smallest absolute Gasteiger partial charge is 0.444 e. The molecule has 1 fully saturated rings. The number of allylic oxidation sites excluding steroid dienone is 3. The van der Waals surface area contributed by atoms with E-state index in [9.17, 15) is 26.7 Å². The van der Waals surface area contributed by atoms with E-state index in [1.807, 2.05) is 39.7 Å². The second-order valence-corrected chi connectivity index (χ2v) is 7.06. The third-order valence-electron chi connectivity index (χ3n) is 4.26. The Morgan fingerprint density at radius 3 is 2.12 bits per heavy atom. The van der Waals surface area contributed by atoms with E-state index in [1.165, 1.54) is 0 Å². The van der Waals surface area contributed by atoms with Gasteiger partial charge >= 0.3 is 18.1 Å². The molecule has 0 amide bonds. The number of carbonyl (C=O) groups excluding carboxylic acids is 1. The van der Waals surface area contributed by atoms with Crippen LogP contribution in [0.4, 0.5) is 22.0 Å². The van der Waals surface area contributed by atoms with E-state index in [-0.39, 0.29) is 17.4 Å². The van der Waals surface area contributed by atoms with E-state index in [1.54, 1.807) is 0 Å². The zero-order valence-corrected chi connectivity index (χ0v) is 14.7. The molecule has 7 heteroatoms. The Bertz CT molecular complexity index is 631. The van der Waals surface area contributed by atoms with Gasteiger partial charge in [-0.2, -0.15) is 22.0 Å². The molecule has 0 aromatic rings. The Hall–Kier alpha value is -1.84. The van der Waals surface area contributed by atoms with Crippen molar-refractivity contribution in [2.45, 2.75) is 52.8 Å². The molecule has 0 bridgehead atoms. The van der Waals surface area contributed by atoms with Gasteiger partial charge in [-0.15, -0.1) is 6.42 Å². The van der Waals surface area contributed by atoms with Crippen LogP contribution in [0.15, 0.2) is 23.3 Å². The highest BCUT2D eigenvalue weighted by Gasteiger charge is 2.61. The molecule has 0 spiro atoms. The van der Waals surface area contributed by atoms with Crippen molar-refractivity contribution in [1.29, 1.82) is 0 Å². The SMILES string of the molecule is C#CC(OC(=O)C1C(C=C(C)C)C1(C)C)C(C)=CC(F)(F)C(F)(F)F. The molecule has 3 atom stereocenters. The van der Waals surface area contributed by atoms with Crippen LogP contribution in [0.3, 0.4) is 0 Å². The summed E-state index contributed by atoms with van der Waals surface area (Å²) in [5, 5.41) is 0. The lowest BCUT2D eigenvalue weighted by Crippen LogP contribution is -2.35. The predicted octanol–water partition coefficient (Wildman–Crippen LogP) is 4.91. The summed E-state index contributed by atoms with van der Waals surface area (Å²) >= 11 is 0. The van der Waals surface area contributed by atoms with E-state index in [0.29, 0.717) is 0 Å². The first-order chi connectivity index (χ1) is 11.1. The van der Waals surface area contributed by atoms with Gasteiger partial charge in [0.25, 0.3) is 0 Å². The van der Waals surface area contributed by atoms with Crippen LogP contribution >= 0.6 is 0 Å². The number of ether oxygens (including phenoxy) is 1. The largest absolute Gasteiger partial charge is 0.457 e. The molecule has 0 saturated heterocycles. The quantitative estimate of drug-likeness (QED) is 0.300. The second kappa shape index (κ2) is 6.81. The summed E-state index contributed by atoms with van der Waals surface area (Å²) in [4.78, 5) is 12.3. The maximum absolute atomic E-state index is 13.1. The Labute approximate surface area is 144 Å². The summed E-state index contributed by atoms with van der Waals surface area (Å²) in [5.41, 5.74) is 0.0688. The van der Waals surface area contributed by atoms with Crippen molar-refractivity contribution in [3.63, 3.8) is 0 Å².